The van der Waals surface area contributed by atoms with E-state index in [0.29, 0.717) is 6.54 Å². The molecule has 1 fully saturated rings. The average Bonchev–Trinajstić information content (AvgIpc) is 2.99. The second kappa shape index (κ2) is 7.08. The summed E-state index contributed by atoms with van der Waals surface area (Å²) in [6.45, 7) is 2.89. The van der Waals surface area contributed by atoms with Crippen LogP contribution in [0.4, 0.5) is 0 Å². The number of likely N-dealkylation sites (tertiary alicyclic amines) is 1. The standard InChI is InChI=1S/C14H20N2O5S/c1-21-12-5-4-11(14(17)18)10-13(12)22(19,20)15-6-9-16-7-2-3-8-16/h4-5,10,15H,2-3,6-9H2,1H3,(H,17,18). The van der Waals surface area contributed by atoms with Crippen LogP contribution in [0, 0.1) is 0 Å². The van der Waals surface area contributed by atoms with E-state index in [1.165, 1.54) is 19.2 Å². The van der Waals surface area contributed by atoms with Gasteiger partial charge in [-0.25, -0.2) is 17.9 Å². The number of carboxylic acids is 1. The highest BCUT2D eigenvalue weighted by Gasteiger charge is 2.22. The fourth-order valence-corrected chi connectivity index (χ4v) is 3.66. The Bertz CT molecular complexity index is 639. The molecule has 0 saturated carbocycles. The molecule has 0 amide bonds. The molecule has 1 saturated heterocycles. The summed E-state index contributed by atoms with van der Waals surface area (Å²) in [7, 11) is -2.47. The topological polar surface area (TPSA) is 95.9 Å². The molecule has 1 aliphatic rings. The van der Waals surface area contributed by atoms with E-state index in [0.717, 1.165) is 32.0 Å². The van der Waals surface area contributed by atoms with Crippen molar-refractivity contribution in [2.75, 3.05) is 33.3 Å². The number of sulfonamides is 1. The lowest BCUT2D eigenvalue weighted by Gasteiger charge is -2.16. The molecule has 0 bridgehead atoms. The number of benzene rings is 1. The van der Waals surface area contributed by atoms with Crippen molar-refractivity contribution in [3.8, 4) is 5.75 Å². The van der Waals surface area contributed by atoms with E-state index in [-0.39, 0.29) is 22.8 Å². The number of hydrogen-bond acceptors (Lipinski definition) is 5. The SMILES string of the molecule is COc1ccc(C(=O)O)cc1S(=O)(=O)NCCN1CCCC1. The van der Waals surface area contributed by atoms with Crippen molar-refractivity contribution in [3.05, 3.63) is 23.8 Å². The van der Waals surface area contributed by atoms with Crippen molar-refractivity contribution in [1.29, 1.82) is 0 Å². The van der Waals surface area contributed by atoms with Crippen LogP contribution in [-0.2, 0) is 10.0 Å². The smallest absolute Gasteiger partial charge is 0.335 e. The Labute approximate surface area is 129 Å². The lowest BCUT2D eigenvalue weighted by Crippen LogP contribution is -2.33. The lowest BCUT2D eigenvalue weighted by atomic mass is 10.2. The highest BCUT2D eigenvalue weighted by atomic mass is 32.2. The van der Waals surface area contributed by atoms with E-state index in [9.17, 15) is 13.2 Å². The number of methoxy groups -OCH3 is 1. The van der Waals surface area contributed by atoms with Crippen LogP contribution in [0.3, 0.4) is 0 Å². The molecular formula is C14H20N2O5S. The first-order valence-electron chi connectivity index (χ1n) is 7.07. The Morgan fingerprint density at radius 3 is 2.64 bits per heavy atom. The number of rotatable bonds is 7. The van der Waals surface area contributed by atoms with E-state index in [1.54, 1.807) is 0 Å². The third kappa shape index (κ3) is 3.96. The Kier molecular flexibility index (Phi) is 5.38. The second-order valence-corrected chi connectivity index (χ2v) is 6.85. The van der Waals surface area contributed by atoms with Crippen molar-refractivity contribution in [2.24, 2.45) is 0 Å². The molecule has 0 spiro atoms. The molecule has 0 atom stereocenters. The van der Waals surface area contributed by atoms with Crippen LogP contribution >= 0.6 is 0 Å². The first-order chi connectivity index (χ1) is 10.4. The van der Waals surface area contributed by atoms with Gasteiger partial charge in [0.15, 0.2) is 0 Å². The first-order valence-corrected chi connectivity index (χ1v) is 8.56. The first kappa shape index (κ1) is 16.7. The number of ether oxygens (including phenoxy) is 1. The van der Waals surface area contributed by atoms with Gasteiger partial charge in [0.25, 0.3) is 0 Å². The van der Waals surface area contributed by atoms with Crippen molar-refractivity contribution < 1.29 is 23.1 Å². The molecule has 1 aliphatic heterocycles. The fraction of sp³-hybridized carbons (Fsp3) is 0.500. The summed E-state index contributed by atoms with van der Waals surface area (Å²) in [4.78, 5) is 13.0. The number of nitrogens with one attached hydrogen (secondary N) is 1. The number of carboxylic acid groups (broad SMARTS) is 1. The monoisotopic (exact) mass is 328 g/mol. The molecule has 2 rings (SSSR count). The van der Waals surface area contributed by atoms with E-state index in [2.05, 4.69) is 9.62 Å². The van der Waals surface area contributed by atoms with Gasteiger partial charge < -0.3 is 14.7 Å². The summed E-state index contributed by atoms with van der Waals surface area (Å²) in [6, 6.07) is 3.77. The summed E-state index contributed by atoms with van der Waals surface area (Å²) in [5.74, 6) is -1.06. The van der Waals surface area contributed by atoms with Gasteiger partial charge in [-0.05, 0) is 44.1 Å². The number of nitrogens with zero attached hydrogens (tertiary/aromatic N) is 1. The van der Waals surface area contributed by atoms with Crippen molar-refractivity contribution in [1.82, 2.24) is 9.62 Å². The predicted molar refractivity (Wildman–Crippen MR) is 80.8 cm³/mol. The normalized spacial score (nSPS) is 15.9. The lowest BCUT2D eigenvalue weighted by molar-refractivity contribution is 0.0696. The van der Waals surface area contributed by atoms with Gasteiger partial charge in [0, 0.05) is 13.1 Å². The van der Waals surface area contributed by atoms with Crippen LogP contribution in [-0.4, -0.2) is 57.7 Å². The summed E-state index contributed by atoms with van der Waals surface area (Å²) in [5, 5.41) is 9.00. The van der Waals surface area contributed by atoms with Crippen LogP contribution in [0.5, 0.6) is 5.75 Å². The molecular weight excluding hydrogens is 308 g/mol. The Morgan fingerprint density at radius 1 is 1.36 bits per heavy atom. The summed E-state index contributed by atoms with van der Waals surface area (Å²) in [6.07, 6.45) is 2.28. The molecule has 22 heavy (non-hydrogen) atoms. The van der Waals surface area contributed by atoms with Gasteiger partial charge in [-0.15, -0.1) is 0 Å². The van der Waals surface area contributed by atoms with E-state index < -0.39 is 16.0 Å². The Hall–Kier alpha value is -1.64. The van der Waals surface area contributed by atoms with Crippen LogP contribution in [0.2, 0.25) is 0 Å². The Balaban J connectivity index is 2.12. The quantitative estimate of drug-likeness (QED) is 0.767. The predicted octanol–water partition coefficient (Wildman–Crippen LogP) is 0.767. The Morgan fingerprint density at radius 2 is 2.05 bits per heavy atom. The van der Waals surface area contributed by atoms with Crippen molar-refractivity contribution >= 4 is 16.0 Å². The third-order valence-electron chi connectivity index (χ3n) is 3.62. The van der Waals surface area contributed by atoms with Crippen LogP contribution < -0.4 is 9.46 Å². The van der Waals surface area contributed by atoms with Gasteiger partial charge in [0.1, 0.15) is 10.6 Å². The summed E-state index contributed by atoms with van der Waals surface area (Å²) in [5.41, 5.74) is -0.0966. The van der Waals surface area contributed by atoms with Gasteiger partial charge in [0.05, 0.1) is 12.7 Å². The highest BCUT2D eigenvalue weighted by Crippen LogP contribution is 2.24. The number of carbonyl (C=O) groups is 1. The molecule has 2 N–H and O–H groups in total. The molecule has 0 aliphatic carbocycles. The third-order valence-corrected chi connectivity index (χ3v) is 5.10. The maximum atomic E-state index is 12.4. The van der Waals surface area contributed by atoms with Gasteiger partial charge in [0.2, 0.25) is 10.0 Å². The largest absolute Gasteiger partial charge is 0.495 e. The van der Waals surface area contributed by atoms with Gasteiger partial charge >= 0.3 is 5.97 Å². The molecule has 1 heterocycles. The van der Waals surface area contributed by atoms with E-state index >= 15 is 0 Å². The molecule has 1 aromatic rings. The zero-order chi connectivity index (χ0) is 16.2. The molecule has 0 aromatic heterocycles. The minimum absolute atomic E-state index is 0.0966. The molecule has 0 unspecified atom stereocenters. The molecule has 0 radical (unpaired) electrons. The van der Waals surface area contributed by atoms with Crippen LogP contribution in [0.1, 0.15) is 23.2 Å². The second-order valence-electron chi connectivity index (χ2n) is 5.12. The fourth-order valence-electron chi connectivity index (χ4n) is 2.44. The summed E-state index contributed by atoms with van der Waals surface area (Å²) < 4.78 is 32.2. The van der Waals surface area contributed by atoms with E-state index in [1.807, 2.05) is 0 Å². The minimum Gasteiger partial charge on any atom is -0.495 e. The molecule has 122 valence electrons. The van der Waals surface area contributed by atoms with Gasteiger partial charge in [-0.1, -0.05) is 0 Å². The zero-order valence-electron chi connectivity index (χ0n) is 12.4. The number of aromatic carboxylic acids is 1. The average molecular weight is 328 g/mol. The summed E-state index contributed by atoms with van der Waals surface area (Å²) >= 11 is 0. The van der Waals surface area contributed by atoms with Gasteiger partial charge in [-0.3, -0.25) is 0 Å². The highest BCUT2D eigenvalue weighted by molar-refractivity contribution is 7.89. The zero-order valence-corrected chi connectivity index (χ0v) is 13.2. The molecule has 1 aromatic carbocycles. The minimum atomic E-state index is -3.82. The van der Waals surface area contributed by atoms with Gasteiger partial charge in [-0.2, -0.15) is 0 Å². The van der Waals surface area contributed by atoms with Crippen LogP contribution in [0.25, 0.3) is 0 Å². The van der Waals surface area contributed by atoms with Crippen molar-refractivity contribution in [2.45, 2.75) is 17.7 Å². The van der Waals surface area contributed by atoms with Crippen LogP contribution in [0.15, 0.2) is 23.1 Å². The molecule has 8 heteroatoms. The molecule has 7 nitrogen and oxygen atoms in total. The maximum absolute atomic E-state index is 12.4. The van der Waals surface area contributed by atoms with E-state index in [4.69, 9.17) is 9.84 Å². The van der Waals surface area contributed by atoms with Crippen molar-refractivity contribution in [3.63, 3.8) is 0 Å². The number of hydrogen-bond donors (Lipinski definition) is 2. The maximum Gasteiger partial charge on any atom is 0.335 e.